The van der Waals surface area contributed by atoms with Gasteiger partial charge in [0.25, 0.3) is 0 Å². The Bertz CT molecular complexity index is 1530. The molecule has 0 unspecified atom stereocenters. The summed E-state index contributed by atoms with van der Waals surface area (Å²) in [6, 6.07) is 33.8. The summed E-state index contributed by atoms with van der Waals surface area (Å²) >= 11 is 0. The molecule has 0 bridgehead atoms. The van der Waals surface area contributed by atoms with E-state index >= 15 is 0 Å². The van der Waals surface area contributed by atoms with E-state index in [2.05, 4.69) is 106 Å². The first kappa shape index (κ1) is 17.3. The number of aromatic nitrogens is 4. The molecule has 4 heteroatoms. The van der Waals surface area contributed by atoms with Crippen molar-refractivity contribution in [2.45, 2.75) is 0 Å². The summed E-state index contributed by atoms with van der Waals surface area (Å²) in [5, 5.41) is 4.88. The van der Waals surface area contributed by atoms with Crippen molar-refractivity contribution in [2.75, 3.05) is 0 Å². The molecule has 4 aromatic carbocycles. The maximum Gasteiger partial charge on any atom is 0.156 e. The minimum absolute atomic E-state index is 0.812. The van der Waals surface area contributed by atoms with Crippen LogP contribution < -0.4 is 0 Å². The standard InChI is InChI=1S/C28H18N4/c1-5-13-23-19(9-1)20-10-2-6-14-24(20)31(23)27-17-30-28(18-29-27)32-25-15-7-3-11-21(25)22-12-4-8-16-26(22)32/h1-18H. The summed E-state index contributed by atoms with van der Waals surface area (Å²) in [5.74, 6) is 1.62. The first-order chi connectivity index (χ1) is 15.9. The van der Waals surface area contributed by atoms with Gasteiger partial charge in [-0.3, -0.25) is 9.13 Å². The topological polar surface area (TPSA) is 35.6 Å². The first-order valence-electron chi connectivity index (χ1n) is 10.7. The lowest BCUT2D eigenvalue weighted by Crippen LogP contribution is -2.02. The molecule has 7 aromatic rings. The largest absolute Gasteiger partial charge is 0.293 e. The zero-order valence-corrected chi connectivity index (χ0v) is 17.2. The highest BCUT2D eigenvalue weighted by Crippen LogP contribution is 2.33. The van der Waals surface area contributed by atoms with Gasteiger partial charge in [0.05, 0.1) is 34.5 Å². The zero-order chi connectivity index (χ0) is 21.1. The van der Waals surface area contributed by atoms with E-state index in [1.165, 1.54) is 21.5 Å². The lowest BCUT2D eigenvalue weighted by atomic mass is 10.2. The number of fused-ring (bicyclic) bond motifs is 6. The Morgan fingerprint density at radius 2 is 0.656 bits per heavy atom. The van der Waals surface area contributed by atoms with Gasteiger partial charge in [0.2, 0.25) is 0 Å². The molecule has 150 valence electrons. The van der Waals surface area contributed by atoms with Crippen LogP contribution in [-0.4, -0.2) is 19.1 Å². The van der Waals surface area contributed by atoms with Crippen LogP contribution in [0.4, 0.5) is 0 Å². The molecular weight excluding hydrogens is 392 g/mol. The van der Waals surface area contributed by atoms with Gasteiger partial charge in [0.15, 0.2) is 11.6 Å². The molecule has 4 nitrogen and oxygen atoms in total. The van der Waals surface area contributed by atoms with E-state index in [-0.39, 0.29) is 0 Å². The van der Waals surface area contributed by atoms with Crippen LogP contribution in [0.25, 0.3) is 55.2 Å². The molecule has 0 aliphatic rings. The highest BCUT2D eigenvalue weighted by atomic mass is 15.1. The van der Waals surface area contributed by atoms with E-state index in [0.29, 0.717) is 0 Å². The van der Waals surface area contributed by atoms with Crippen molar-refractivity contribution in [1.29, 1.82) is 0 Å². The van der Waals surface area contributed by atoms with E-state index in [0.717, 1.165) is 33.7 Å². The molecule has 0 saturated carbocycles. The molecule has 0 fully saturated rings. The fourth-order valence-corrected chi connectivity index (χ4v) is 4.88. The van der Waals surface area contributed by atoms with Gasteiger partial charge >= 0.3 is 0 Å². The highest BCUT2D eigenvalue weighted by Gasteiger charge is 2.15. The predicted molar refractivity (Wildman–Crippen MR) is 131 cm³/mol. The van der Waals surface area contributed by atoms with Crippen molar-refractivity contribution in [3.63, 3.8) is 0 Å². The number of rotatable bonds is 2. The molecule has 0 amide bonds. The molecule has 0 aliphatic carbocycles. The number of hydrogen-bond donors (Lipinski definition) is 0. The normalized spacial score (nSPS) is 11.8. The third kappa shape index (κ3) is 2.32. The fourth-order valence-electron chi connectivity index (χ4n) is 4.88. The molecule has 0 saturated heterocycles. The maximum atomic E-state index is 4.87. The monoisotopic (exact) mass is 410 g/mol. The van der Waals surface area contributed by atoms with Crippen LogP contribution in [-0.2, 0) is 0 Å². The predicted octanol–water partition coefficient (Wildman–Crippen LogP) is 6.67. The van der Waals surface area contributed by atoms with Crippen LogP contribution in [0, 0.1) is 0 Å². The van der Waals surface area contributed by atoms with Crippen LogP contribution >= 0.6 is 0 Å². The Morgan fingerprint density at radius 3 is 0.938 bits per heavy atom. The van der Waals surface area contributed by atoms with Crippen molar-refractivity contribution < 1.29 is 0 Å². The van der Waals surface area contributed by atoms with Crippen molar-refractivity contribution in [2.24, 2.45) is 0 Å². The summed E-state index contributed by atoms with van der Waals surface area (Å²) in [7, 11) is 0. The van der Waals surface area contributed by atoms with Gasteiger partial charge in [-0.1, -0.05) is 72.8 Å². The van der Waals surface area contributed by atoms with Crippen LogP contribution in [0.3, 0.4) is 0 Å². The second-order valence-corrected chi connectivity index (χ2v) is 7.97. The van der Waals surface area contributed by atoms with Crippen LogP contribution in [0.5, 0.6) is 0 Å². The van der Waals surface area contributed by atoms with E-state index in [1.807, 2.05) is 12.4 Å². The van der Waals surface area contributed by atoms with Crippen LogP contribution in [0.1, 0.15) is 0 Å². The Balaban J connectivity index is 1.47. The van der Waals surface area contributed by atoms with Gasteiger partial charge in [-0.15, -0.1) is 0 Å². The molecule has 3 heterocycles. The molecule has 32 heavy (non-hydrogen) atoms. The molecule has 3 aromatic heterocycles. The second-order valence-electron chi connectivity index (χ2n) is 7.97. The number of para-hydroxylation sites is 4. The first-order valence-corrected chi connectivity index (χ1v) is 10.7. The van der Waals surface area contributed by atoms with Crippen molar-refractivity contribution in [1.82, 2.24) is 19.1 Å². The smallest absolute Gasteiger partial charge is 0.156 e. The lowest BCUT2D eigenvalue weighted by Gasteiger charge is -2.09. The van der Waals surface area contributed by atoms with Gasteiger partial charge in [0, 0.05) is 21.5 Å². The fraction of sp³-hybridized carbons (Fsp3) is 0. The quantitative estimate of drug-likeness (QED) is 0.319. The SMILES string of the molecule is c1ccc2c(c1)c1ccccc1n2-c1cnc(-n2c3ccccc3c3ccccc32)cn1. The molecule has 0 aliphatic heterocycles. The molecule has 0 spiro atoms. The summed E-state index contributed by atoms with van der Waals surface area (Å²) in [6.07, 6.45) is 3.75. The summed E-state index contributed by atoms with van der Waals surface area (Å²) in [5.41, 5.74) is 4.53. The van der Waals surface area contributed by atoms with Crippen molar-refractivity contribution in [3.05, 3.63) is 109 Å². The Labute approximate surface area is 184 Å². The minimum atomic E-state index is 0.812. The maximum absolute atomic E-state index is 4.87. The Kier molecular flexibility index (Phi) is 3.52. The molecular formula is C28H18N4. The summed E-state index contributed by atoms with van der Waals surface area (Å²) in [6.45, 7) is 0. The molecule has 0 radical (unpaired) electrons. The number of hydrogen-bond acceptors (Lipinski definition) is 2. The summed E-state index contributed by atoms with van der Waals surface area (Å²) in [4.78, 5) is 9.74. The molecule has 7 rings (SSSR count). The van der Waals surface area contributed by atoms with Gasteiger partial charge in [0.1, 0.15) is 0 Å². The van der Waals surface area contributed by atoms with Crippen LogP contribution in [0.2, 0.25) is 0 Å². The average Bonchev–Trinajstić information content (AvgIpc) is 3.38. The van der Waals surface area contributed by atoms with Gasteiger partial charge in [-0.05, 0) is 24.3 Å². The number of nitrogens with zero attached hydrogens (tertiary/aromatic N) is 4. The van der Waals surface area contributed by atoms with E-state index in [4.69, 9.17) is 9.97 Å². The van der Waals surface area contributed by atoms with Crippen LogP contribution in [0.15, 0.2) is 109 Å². The van der Waals surface area contributed by atoms with Crippen molar-refractivity contribution in [3.8, 4) is 11.6 Å². The lowest BCUT2D eigenvalue weighted by molar-refractivity contribution is 0.989. The zero-order valence-electron chi connectivity index (χ0n) is 17.2. The summed E-state index contributed by atoms with van der Waals surface area (Å²) < 4.78 is 4.38. The highest BCUT2D eigenvalue weighted by molar-refractivity contribution is 6.10. The second kappa shape index (κ2) is 6.53. The average molecular weight is 410 g/mol. The van der Waals surface area contributed by atoms with E-state index < -0.39 is 0 Å². The third-order valence-corrected chi connectivity index (χ3v) is 6.24. The molecule has 0 atom stereocenters. The Hall–Kier alpha value is -4.44. The minimum Gasteiger partial charge on any atom is -0.293 e. The van der Waals surface area contributed by atoms with E-state index in [9.17, 15) is 0 Å². The van der Waals surface area contributed by atoms with Gasteiger partial charge in [-0.25, -0.2) is 9.97 Å². The van der Waals surface area contributed by atoms with Crippen molar-refractivity contribution >= 4 is 43.6 Å². The van der Waals surface area contributed by atoms with E-state index in [1.54, 1.807) is 0 Å². The Morgan fingerprint density at radius 1 is 0.375 bits per heavy atom. The van der Waals surface area contributed by atoms with Gasteiger partial charge in [-0.2, -0.15) is 0 Å². The van der Waals surface area contributed by atoms with Gasteiger partial charge < -0.3 is 0 Å². The number of benzene rings is 4. The molecule has 0 N–H and O–H groups in total. The third-order valence-electron chi connectivity index (χ3n) is 6.24.